The summed E-state index contributed by atoms with van der Waals surface area (Å²) in [6.07, 6.45) is 0.870. The molecule has 3 heterocycles. The number of hydrogen-bond donors (Lipinski definition) is 1. The molecular formula is C13H19ClN2O4S2. The average molecular weight is 367 g/mol. The highest BCUT2D eigenvalue weighted by Gasteiger charge is 2.39. The van der Waals surface area contributed by atoms with E-state index in [1.165, 1.54) is 17.5 Å². The molecule has 0 amide bonds. The summed E-state index contributed by atoms with van der Waals surface area (Å²) in [6, 6.07) is 1.49. The number of carbonyl (C=O) groups excluding carboxylic acids is 1. The fourth-order valence-corrected chi connectivity index (χ4v) is 5.92. The molecule has 2 aliphatic rings. The lowest BCUT2D eigenvalue weighted by atomic mass is 9.90. The van der Waals surface area contributed by atoms with Crippen molar-refractivity contribution in [1.29, 1.82) is 0 Å². The Hall–Kier alpha value is -0.670. The number of halogens is 1. The van der Waals surface area contributed by atoms with Gasteiger partial charge in [-0.05, 0) is 42.8 Å². The number of nitrogens with zero attached hydrogens (tertiary/aromatic N) is 1. The summed E-state index contributed by atoms with van der Waals surface area (Å²) >= 11 is 1.10. The molecule has 22 heavy (non-hydrogen) atoms. The number of hydrogen-bond acceptors (Lipinski definition) is 6. The third-order valence-electron chi connectivity index (χ3n) is 4.28. The first-order chi connectivity index (χ1) is 10.0. The molecule has 2 atom stereocenters. The van der Waals surface area contributed by atoms with Crippen LogP contribution in [0.5, 0.6) is 0 Å². The van der Waals surface area contributed by atoms with Crippen LogP contribution in [-0.4, -0.2) is 52.0 Å². The Labute approximate surface area is 140 Å². The van der Waals surface area contributed by atoms with Gasteiger partial charge in [0.1, 0.15) is 9.77 Å². The topological polar surface area (TPSA) is 75.7 Å². The fourth-order valence-electron chi connectivity index (χ4n) is 3.10. The molecule has 0 aliphatic carbocycles. The van der Waals surface area contributed by atoms with Gasteiger partial charge in [-0.1, -0.05) is 0 Å². The average Bonchev–Trinajstić information content (AvgIpc) is 3.14. The summed E-state index contributed by atoms with van der Waals surface area (Å²) < 4.78 is 31.7. The molecule has 6 nitrogen and oxygen atoms in total. The van der Waals surface area contributed by atoms with Gasteiger partial charge in [-0.15, -0.1) is 23.7 Å². The molecule has 124 valence electrons. The Kier molecular flexibility index (Phi) is 5.50. The second kappa shape index (κ2) is 6.84. The van der Waals surface area contributed by atoms with Crippen LogP contribution >= 0.6 is 23.7 Å². The molecule has 2 saturated heterocycles. The number of piperidine rings is 1. The molecule has 3 rings (SSSR count). The molecule has 9 heteroatoms. The summed E-state index contributed by atoms with van der Waals surface area (Å²) in [7, 11) is -2.37. The largest absolute Gasteiger partial charge is 0.465 e. The van der Waals surface area contributed by atoms with E-state index in [1.54, 1.807) is 5.38 Å². The summed E-state index contributed by atoms with van der Waals surface area (Å²) in [5, 5.41) is 4.93. The van der Waals surface area contributed by atoms with Crippen LogP contribution in [0.15, 0.2) is 16.3 Å². The highest BCUT2D eigenvalue weighted by atomic mass is 35.5. The number of rotatable bonds is 3. The van der Waals surface area contributed by atoms with Crippen molar-refractivity contribution in [3.8, 4) is 0 Å². The Balaban J connectivity index is 0.00000176. The molecule has 1 aromatic rings. The van der Waals surface area contributed by atoms with Gasteiger partial charge in [0.2, 0.25) is 10.0 Å². The Morgan fingerprint density at radius 3 is 2.86 bits per heavy atom. The van der Waals surface area contributed by atoms with Crippen LogP contribution in [0.1, 0.15) is 16.1 Å². The lowest BCUT2D eigenvalue weighted by Crippen LogP contribution is -2.43. The zero-order chi connectivity index (χ0) is 15.0. The minimum atomic E-state index is -3.63. The third-order valence-corrected chi connectivity index (χ3v) is 7.22. The van der Waals surface area contributed by atoms with Gasteiger partial charge < -0.3 is 10.1 Å². The van der Waals surface area contributed by atoms with E-state index < -0.39 is 16.0 Å². The van der Waals surface area contributed by atoms with E-state index in [0.29, 0.717) is 24.9 Å². The Bertz CT molecular complexity index is 646. The molecule has 0 bridgehead atoms. The van der Waals surface area contributed by atoms with Crippen molar-refractivity contribution < 1.29 is 17.9 Å². The summed E-state index contributed by atoms with van der Waals surface area (Å²) in [6.45, 7) is 2.88. The molecule has 0 spiro atoms. The summed E-state index contributed by atoms with van der Waals surface area (Å²) in [5.74, 6) is 0.341. The molecule has 0 aromatic carbocycles. The van der Waals surface area contributed by atoms with Gasteiger partial charge in [0.15, 0.2) is 0 Å². The highest BCUT2D eigenvalue weighted by molar-refractivity contribution is 7.89. The van der Waals surface area contributed by atoms with Gasteiger partial charge in [-0.2, -0.15) is 4.31 Å². The maximum absolute atomic E-state index is 12.8. The SMILES string of the molecule is COC(=O)c1sccc1S(=O)(=O)N1CCC2CNCC2C1.Cl. The molecule has 2 fully saturated rings. The summed E-state index contributed by atoms with van der Waals surface area (Å²) in [4.78, 5) is 11.9. The number of carbonyl (C=O) groups is 1. The van der Waals surface area contributed by atoms with Crippen molar-refractivity contribution in [3.63, 3.8) is 0 Å². The van der Waals surface area contributed by atoms with E-state index in [4.69, 9.17) is 0 Å². The maximum Gasteiger partial charge on any atom is 0.349 e. The van der Waals surface area contributed by atoms with Crippen LogP contribution in [0, 0.1) is 11.8 Å². The quantitative estimate of drug-likeness (QED) is 0.813. The van der Waals surface area contributed by atoms with Crippen molar-refractivity contribution in [2.24, 2.45) is 11.8 Å². The first-order valence-corrected chi connectivity index (χ1v) is 9.22. The van der Waals surface area contributed by atoms with Crippen LogP contribution in [0.25, 0.3) is 0 Å². The molecule has 2 aliphatic heterocycles. The summed E-state index contributed by atoms with van der Waals surface area (Å²) in [5.41, 5.74) is 0. The zero-order valence-corrected chi connectivity index (χ0v) is 14.6. The second-order valence-corrected chi connectivity index (χ2v) is 8.26. The van der Waals surface area contributed by atoms with E-state index in [9.17, 15) is 13.2 Å². The molecule has 0 saturated carbocycles. The molecule has 0 radical (unpaired) electrons. The zero-order valence-electron chi connectivity index (χ0n) is 12.1. The standard InChI is InChI=1S/C13H18N2O4S2.ClH/c1-19-13(16)12-11(3-5-20-12)21(17,18)15-4-2-9-6-14-7-10(9)8-15;/h3,5,9-10,14H,2,4,6-8H2,1H3;1H. The number of sulfonamides is 1. The van der Waals surface area contributed by atoms with Gasteiger partial charge in [0.25, 0.3) is 0 Å². The van der Waals surface area contributed by atoms with E-state index in [-0.39, 0.29) is 22.2 Å². The first kappa shape index (κ1) is 17.7. The Morgan fingerprint density at radius 1 is 1.41 bits per heavy atom. The number of fused-ring (bicyclic) bond motifs is 1. The lowest BCUT2D eigenvalue weighted by molar-refractivity contribution is 0.0602. The number of nitrogens with one attached hydrogen (secondary N) is 1. The van der Waals surface area contributed by atoms with E-state index in [2.05, 4.69) is 10.1 Å². The number of thiophene rings is 1. The maximum atomic E-state index is 12.8. The lowest BCUT2D eigenvalue weighted by Gasteiger charge is -2.33. The van der Waals surface area contributed by atoms with Crippen LogP contribution in [0.4, 0.5) is 0 Å². The highest BCUT2D eigenvalue weighted by Crippen LogP contribution is 2.32. The van der Waals surface area contributed by atoms with Crippen LogP contribution in [-0.2, 0) is 14.8 Å². The van der Waals surface area contributed by atoms with E-state index in [1.807, 2.05) is 0 Å². The van der Waals surface area contributed by atoms with Crippen LogP contribution < -0.4 is 5.32 Å². The number of esters is 1. The predicted octanol–water partition coefficient (Wildman–Crippen LogP) is 1.19. The monoisotopic (exact) mass is 366 g/mol. The first-order valence-electron chi connectivity index (χ1n) is 6.90. The van der Waals surface area contributed by atoms with E-state index in [0.717, 1.165) is 30.8 Å². The number of methoxy groups -OCH3 is 1. The van der Waals surface area contributed by atoms with Crippen molar-refractivity contribution in [3.05, 3.63) is 16.3 Å². The molecule has 1 N–H and O–H groups in total. The smallest absolute Gasteiger partial charge is 0.349 e. The molecular weight excluding hydrogens is 348 g/mol. The van der Waals surface area contributed by atoms with Gasteiger partial charge in [-0.25, -0.2) is 13.2 Å². The van der Waals surface area contributed by atoms with Gasteiger partial charge in [0.05, 0.1) is 7.11 Å². The fraction of sp³-hybridized carbons (Fsp3) is 0.615. The van der Waals surface area contributed by atoms with Crippen molar-refractivity contribution in [2.75, 3.05) is 33.3 Å². The van der Waals surface area contributed by atoms with Crippen molar-refractivity contribution in [2.45, 2.75) is 11.3 Å². The normalized spacial score (nSPS) is 25.3. The Morgan fingerprint density at radius 2 is 2.14 bits per heavy atom. The predicted molar refractivity (Wildman–Crippen MR) is 86.1 cm³/mol. The third kappa shape index (κ3) is 3.03. The minimum Gasteiger partial charge on any atom is -0.465 e. The van der Waals surface area contributed by atoms with E-state index >= 15 is 0 Å². The van der Waals surface area contributed by atoms with Crippen LogP contribution in [0.2, 0.25) is 0 Å². The van der Waals surface area contributed by atoms with Crippen molar-refractivity contribution >= 4 is 39.7 Å². The number of ether oxygens (including phenoxy) is 1. The van der Waals surface area contributed by atoms with Gasteiger partial charge in [-0.3, -0.25) is 0 Å². The second-order valence-electron chi connectivity index (χ2n) is 5.44. The molecule has 2 unspecified atom stereocenters. The van der Waals surface area contributed by atoms with Gasteiger partial charge >= 0.3 is 5.97 Å². The van der Waals surface area contributed by atoms with Crippen molar-refractivity contribution in [1.82, 2.24) is 9.62 Å². The van der Waals surface area contributed by atoms with Crippen LogP contribution in [0.3, 0.4) is 0 Å². The molecule has 1 aromatic heterocycles. The minimum absolute atomic E-state index is 0. The van der Waals surface area contributed by atoms with Gasteiger partial charge in [0, 0.05) is 13.1 Å².